The molecule has 1 fully saturated rings. The summed E-state index contributed by atoms with van der Waals surface area (Å²) in [6.45, 7) is 1.58. The van der Waals surface area contributed by atoms with Crippen molar-refractivity contribution in [3.8, 4) is 0 Å². The number of likely N-dealkylation sites (tertiary alicyclic amines) is 1. The first-order valence-corrected chi connectivity index (χ1v) is 7.32. The normalized spacial score (nSPS) is 19.4. The zero-order chi connectivity index (χ0) is 13.9. The average molecular weight is 271 g/mol. The van der Waals surface area contributed by atoms with Gasteiger partial charge in [0.05, 0.1) is 0 Å². The molecule has 2 aromatic rings. The van der Waals surface area contributed by atoms with E-state index >= 15 is 0 Å². The number of benzene rings is 1. The fourth-order valence-corrected chi connectivity index (χ4v) is 2.97. The molecule has 3 N–H and O–H groups in total. The second kappa shape index (κ2) is 5.67. The molecular formula is C16H21N3O. The number of hydrogen-bond acceptors (Lipinski definition) is 2. The second-order valence-corrected chi connectivity index (χ2v) is 5.60. The van der Waals surface area contributed by atoms with Gasteiger partial charge in [-0.15, -0.1) is 0 Å². The minimum Gasteiger partial charge on any atom is -0.361 e. The highest BCUT2D eigenvalue weighted by atomic mass is 16.2. The molecule has 1 aromatic heterocycles. The molecule has 1 saturated heterocycles. The standard InChI is InChI=1S/C16H21N3O/c17-13-4-3-9-19(11-13)16(20)8-7-12-10-18-15-6-2-1-5-14(12)15/h1-2,5-6,10,13,18H,3-4,7-9,11,17H2/t13-/m1/s1. The molecule has 106 valence electrons. The molecule has 4 nitrogen and oxygen atoms in total. The molecule has 0 spiro atoms. The number of nitrogens with zero attached hydrogens (tertiary/aromatic N) is 1. The van der Waals surface area contributed by atoms with E-state index in [1.165, 1.54) is 10.9 Å². The van der Waals surface area contributed by atoms with Crippen LogP contribution in [0, 0.1) is 0 Å². The Morgan fingerprint density at radius 2 is 2.25 bits per heavy atom. The molecule has 0 saturated carbocycles. The van der Waals surface area contributed by atoms with Crippen molar-refractivity contribution in [1.82, 2.24) is 9.88 Å². The number of carbonyl (C=O) groups is 1. The molecule has 0 bridgehead atoms. The molecule has 0 radical (unpaired) electrons. The third-order valence-corrected chi connectivity index (χ3v) is 4.09. The van der Waals surface area contributed by atoms with E-state index in [1.807, 2.05) is 23.2 Å². The Hall–Kier alpha value is -1.81. The van der Waals surface area contributed by atoms with Gasteiger partial charge < -0.3 is 15.6 Å². The summed E-state index contributed by atoms with van der Waals surface area (Å²) in [6, 6.07) is 8.36. The van der Waals surface area contributed by atoms with Crippen LogP contribution >= 0.6 is 0 Å². The molecule has 1 aliphatic rings. The van der Waals surface area contributed by atoms with Crippen molar-refractivity contribution in [3.05, 3.63) is 36.0 Å². The van der Waals surface area contributed by atoms with Crippen molar-refractivity contribution in [2.45, 2.75) is 31.7 Å². The van der Waals surface area contributed by atoms with Crippen molar-refractivity contribution < 1.29 is 4.79 Å². The molecule has 4 heteroatoms. The molecule has 3 rings (SSSR count). The van der Waals surface area contributed by atoms with E-state index in [2.05, 4.69) is 17.1 Å². The van der Waals surface area contributed by atoms with Crippen molar-refractivity contribution in [2.75, 3.05) is 13.1 Å². The summed E-state index contributed by atoms with van der Waals surface area (Å²) in [7, 11) is 0. The lowest BCUT2D eigenvalue weighted by atomic mass is 10.0. The van der Waals surface area contributed by atoms with Crippen LogP contribution in [0.4, 0.5) is 0 Å². The minimum absolute atomic E-state index is 0.154. The van der Waals surface area contributed by atoms with E-state index in [0.29, 0.717) is 13.0 Å². The molecule has 0 unspecified atom stereocenters. The maximum absolute atomic E-state index is 12.2. The highest BCUT2D eigenvalue weighted by molar-refractivity contribution is 5.84. The maximum Gasteiger partial charge on any atom is 0.222 e. The van der Waals surface area contributed by atoms with Crippen LogP contribution < -0.4 is 5.73 Å². The number of hydrogen-bond donors (Lipinski definition) is 2. The first-order chi connectivity index (χ1) is 9.74. The lowest BCUT2D eigenvalue weighted by Gasteiger charge is -2.30. The number of carbonyl (C=O) groups excluding carboxylic acids is 1. The van der Waals surface area contributed by atoms with E-state index in [-0.39, 0.29) is 11.9 Å². The number of rotatable bonds is 3. The second-order valence-electron chi connectivity index (χ2n) is 5.60. The van der Waals surface area contributed by atoms with Gasteiger partial charge in [-0.1, -0.05) is 18.2 Å². The first-order valence-electron chi connectivity index (χ1n) is 7.32. The molecule has 1 amide bonds. The summed E-state index contributed by atoms with van der Waals surface area (Å²) in [5.41, 5.74) is 8.28. The van der Waals surface area contributed by atoms with Gasteiger partial charge in [0.15, 0.2) is 0 Å². The van der Waals surface area contributed by atoms with Crippen LogP contribution in [-0.4, -0.2) is 34.9 Å². The number of para-hydroxylation sites is 1. The van der Waals surface area contributed by atoms with Gasteiger partial charge >= 0.3 is 0 Å². The Morgan fingerprint density at radius 3 is 3.10 bits per heavy atom. The number of amides is 1. The Morgan fingerprint density at radius 1 is 1.40 bits per heavy atom. The first kappa shape index (κ1) is 13.2. The molecule has 2 heterocycles. The van der Waals surface area contributed by atoms with Gasteiger partial charge in [-0.25, -0.2) is 0 Å². The van der Waals surface area contributed by atoms with Gasteiger partial charge in [-0.05, 0) is 30.9 Å². The van der Waals surface area contributed by atoms with Crippen molar-refractivity contribution in [2.24, 2.45) is 5.73 Å². The van der Waals surface area contributed by atoms with Crippen LogP contribution in [0.25, 0.3) is 10.9 Å². The molecule has 1 atom stereocenters. The number of aromatic nitrogens is 1. The highest BCUT2D eigenvalue weighted by Gasteiger charge is 2.21. The number of aromatic amines is 1. The fourth-order valence-electron chi connectivity index (χ4n) is 2.97. The summed E-state index contributed by atoms with van der Waals surface area (Å²) in [5, 5.41) is 1.22. The van der Waals surface area contributed by atoms with Crippen LogP contribution in [-0.2, 0) is 11.2 Å². The molecule has 1 aromatic carbocycles. The van der Waals surface area contributed by atoms with Gasteiger partial charge in [-0.2, -0.15) is 0 Å². The summed E-state index contributed by atoms with van der Waals surface area (Å²) >= 11 is 0. The maximum atomic E-state index is 12.2. The van der Waals surface area contributed by atoms with Crippen LogP contribution in [0.15, 0.2) is 30.5 Å². The fraction of sp³-hybridized carbons (Fsp3) is 0.438. The zero-order valence-corrected chi connectivity index (χ0v) is 11.6. The summed E-state index contributed by atoms with van der Waals surface area (Å²) in [6.07, 6.45) is 5.43. The molecule has 1 aliphatic heterocycles. The number of nitrogens with two attached hydrogens (primary N) is 1. The van der Waals surface area contributed by atoms with E-state index in [4.69, 9.17) is 5.73 Å². The third kappa shape index (κ3) is 2.70. The zero-order valence-electron chi connectivity index (χ0n) is 11.6. The van der Waals surface area contributed by atoms with E-state index in [9.17, 15) is 4.79 Å². The minimum atomic E-state index is 0.154. The van der Waals surface area contributed by atoms with E-state index in [1.54, 1.807) is 0 Å². The average Bonchev–Trinajstić information content (AvgIpc) is 2.88. The highest BCUT2D eigenvalue weighted by Crippen LogP contribution is 2.19. The summed E-state index contributed by atoms with van der Waals surface area (Å²) in [4.78, 5) is 17.4. The monoisotopic (exact) mass is 271 g/mol. The molecular weight excluding hydrogens is 250 g/mol. The lowest BCUT2D eigenvalue weighted by Crippen LogP contribution is -2.45. The number of piperidine rings is 1. The van der Waals surface area contributed by atoms with Crippen LogP contribution in [0.2, 0.25) is 0 Å². The Balaban J connectivity index is 1.63. The topological polar surface area (TPSA) is 62.1 Å². The third-order valence-electron chi connectivity index (χ3n) is 4.09. The van der Waals surface area contributed by atoms with E-state index in [0.717, 1.165) is 31.3 Å². The van der Waals surface area contributed by atoms with Crippen LogP contribution in [0.5, 0.6) is 0 Å². The van der Waals surface area contributed by atoms with E-state index < -0.39 is 0 Å². The van der Waals surface area contributed by atoms with Gasteiger partial charge in [0.25, 0.3) is 0 Å². The van der Waals surface area contributed by atoms with Gasteiger partial charge in [0, 0.05) is 42.7 Å². The number of fused-ring (bicyclic) bond motifs is 1. The summed E-state index contributed by atoms with van der Waals surface area (Å²) < 4.78 is 0. The Bertz CT molecular complexity index is 605. The predicted molar refractivity (Wildman–Crippen MR) is 80.4 cm³/mol. The number of aryl methyl sites for hydroxylation is 1. The van der Waals surface area contributed by atoms with Gasteiger partial charge in [0.2, 0.25) is 5.91 Å². The molecule has 20 heavy (non-hydrogen) atoms. The molecule has 0 aliphatic carbocycles. The quantitative estimate of drug-likeness (QED) is 0.897. The van der Waals surface area contributed by atoms with Crippen molar-refractivity contribution >= 4 is 16.8 Å². The van der Waals surface area contributed by atoms with Crippen LogP contribution in [0.3, 0.4) is 0 Å². The van der Waals surface area contributed by atoms with Gasteiger partial charge in [0.1, 0.15) is 0 Å². The summed E-state index contributed by atoms with van der Waals surface area (Å²) in [5.74, 6) is 0.227. The smallest absolute Gasteiger partial charge is 0.222 e. The predicted octanol–water partition coefficient (Wildman–Crippen LogP) is 2.05. The Labute approximate surface area is 118 Å². The number of H-pyrrole nitrogens is 1. The largest absolute Gasteiger partial charge is 0.361 e. The van der Waals surface area contributed by atoms with Crippen molar-refractivity contribution in [3.63, 3.8) is 0 Å². The van der Waals surface area contributed by atoms with Gasteiger partial charge in [-0.3, -0.25) is 4.79 Å². The Kier molecular flexibility index (Phi) is 3.74. The number of nitrogens with one attached hydrogen (secondary N) is 1. The van der Waals surface area contributed by atoms with Crippen molar-refractivity contribution in [1.29, 1.82) is 0 Å². The van der Waals surface area contributed by atoms with Crippen LogP contribution in [0.1, 0.15) is 24.8 Å². The lowest BCUT2D eigenvalue weighted by molar-refractivity contribution is -0.132. The SMILES string of the molecule is N[C@@H]1CCCN(C(=O)CCc2c[nH]c3ccccc23)C1.